The van der Waals surface area contributed by atoms with Gasteiger partial charge in [-0.2, -0.15) is 0 Å². The summed E-state index contributed by atoms with van der Waals surface area (Å²) < 4.78 is 2.48. The maximum absolute atomic E-state index is 2.48. The van der Waals surface area contributed by atoms with E-state index >= 15 is 0 Å². The predicted molar refractivity (Wildman–Crippen MR) is 241 cm³/mol. The van der Waals surface area contributed by atoms with Crippen molar-refractivity contribution in [2.45, 2.75) is 0 Å². The van der Waals surface area contributed by atoms with Crippen LogP contribution in [-0.2, 0) is 0 Å². The van der Waals surface area contributed by atoms with Crippen LogP contribution < -0.4 is 9.80 Å². The lowest BCUT2D eigenvalue weighted by Gasteiger charge is -2.28. The first-order chi connectivity index (χ1) is 28.3. The molecule has 0 unspecified atom stereocenters. The van der Waals surface area contributed by atoms with Crippen molar-refractivity contribution in [3.05, 3.63) is 237 Å². The van der Waals surface area contributed by atoms with E-state index in [0.29, 0.717) is 0 Å². The molecule has 270 valence electrons. The molecule has 3 nitrogen and oxygen atoms in total. The molecule has 0 aliphatic heterocycles. The Morgan fingerprint density at radius 3 is 1.25 bits per heavy atom. The number of hydrogen-bond donors (Lipinski definition) is 0. The Kier molecular flexibility index (Phi) is 8.86. The fourth-order valence-electron chi connectivity index (χ4n) is 8.27. The van der Waals surface area contributed by atoms with E-state index in [1.54, 1.807) is 0 Å². The number of para-hydroxylation sites is 5. The van der Waals surface area contributed by atoms with Crippen molar-refractivity contribution >= 4 is 55.9 Å². The molecule has 0 fully saturated rings. The van der Waals surface area contributed by atoms with Crippen LogP contribution in [0.15, 0.2) is 237 Å². The summed E-state index contributed by atoms with van der Waals surface area (Å²) in [7, 11) is 0. The van der Waals surface area contributed by atoms with Crippen LogP contribution in [0.2, 0.25) is 0 Å². The van der Waals surface area contributed by atoms with Gasteiger partial charge in [-0.15, -0.1) is 0 Å². The second-order valence-corrected chi connectivity index (χ2v) is 14.2. The summed E-state index contributed by atoms with van der Waals surface area (Å²) in [6, 6.07) is 84.7. The average molecular weight is 730 g/mol. The minimum Gasteiger partial charge on any atom is -0.311 e. The minimum absolute atomic E-state index is 1.09. The third kappa shape index (κ3) is 6.22. The quantitative estimate of drug-likeness (QED) is 0.147. The third-order valence-corrected chi connectivity index (χ3v) is 10.7. The smallest absolute Gasteiger partial charge is 0.0646 e. The number of fused-ring (bicyclic) bond motifs is 3. The van der Waals surface area contributed by atoms with Gasteiger partial charge in [-0.1, -0.05) is 152 Å². The van der Waals surface area contributed by atoms with Crippen molar-refractivity contribution in [2.75, 3.05) is 9.80 Å². The average Bonchev–Trinajstić information content (AvgIpc) is 3.64. The maximum Gasteiger partial charge on any atom is 0.0646 e. The van der Waals surface area contributed by atoms with Gasteiger partial charge in [0.05, 0.1) is 16.7 Å². The van der Waals surface area contributed by atoms with Crippen molar-refractivity contribution in [1.29, 1.82) is 0 Å². The molecule has 10 rings (SSSR count). The Morgan fingerprint density at radius 2 is 0.737 bits per heavy atom. The van der Waals surface area contributed by atoms with Crippen molar-refractivity contribution in [1.82, 2.24) is 4.57 Å². The second kappa shape index (κ2) is 14.9. The lowest BCUT2D eigenvalue weighted by atomic mass is 9.90. The van der Waals surface area contributed by atoms with Crippen LogP contribution >= 0.6 is 0 Å². The van der Waals surface area contributed by atoms with E-state index in [-0.39, 0.29) is 0 Å². The maximum atomic E-state index is 2.48. The molecule has 0 N–H and O–H groups in total. The molecule has 3 heteroatoms. The van der Waals surface area contributed by atoms with Gasteiger partial charge >= 0.3 is 0 Å². The first kappa shape index (κ1) is 33.9. The standard InChI is InChI=1S/C54H39N3/c1-7-21-40(22-8-1)49-39-51(56(44-29-15-5-16-30-44)45-31-17-6-18-32-45)53-48-33-19-20-34-50(48)57(54(53)52(49)41-23-9-2-10-24-41)47-37-35-46(36-38-47)55(42-25-11-3-12-26-42)43-27-13-4-14-28-43/h1-39H. The summed E-state index contributed by atoms with van der Waals surface area (Å²) >= 11 is 0. The molecular weight excluding hydrogens is 691 g/mol. The zero-order valence-electron chi connectivity index (χ0n) is 31.4. The van der Waals surface area contributed by atoms with E-state index in [1.165, 1.54) is 27.5 Å². The molecule has 10 aromatic rings. The number of benzene rings is 9. The van der Waals surface area contributed by atoms with E-state index in [2.05, 4.69) is 251 Å². The molecule has 9 aromatic carbocycles. The summed E-state index contributed by atoms with van der Waals surface area (Å²) in [5, 5.41) is 2.38. The van der Waals surface area contributed by atoms with Crippen LogP contribution in [0.3, 0.4) is 0 Å². The molecule has 0 atom stereocenters. The van der Waals surface area contributed by atoms with E-state index in [0.717, 1.165) is 56.4 Å². The van der Waals surface area contributed by atoms with Gasteiger partial charge in [-0.3, -0.25) is 0 Å². The molecule has 1 heterocycles. The highest BCUT2D eigenvalue weighted by Crippen LogP contribution is 2.51. The van der Waals surface area contributed by atoms with E-state index in [4.69, 9.17) is 0 Å². The normalized spacial score (nSPS) is 11.2. The zero-order valence-corrected chi connectivity index (χ0v) is 31.4. The van der Waals surface area contributed by atoms with Crippen LogP contribution in [0.25, 0.3) is 49.7 Å². The van der Waals surface area contributed by atoms with Crippen LogP contribution in [0.5, 0.6) is 0 Å². The van der Waals surface area contributed by atoms with Gasteiger partial charge in [0.2, 0.25) is 0 Å². The van der Waals surface area contributed by atoms with Crippen molar-refractivity contribution in [2.24, 2.45) is 0 Å². The van der Waals surface area contributed by atoms with Gasteiger partial charge in [-0.25, -0.2) is 0 Å². The first-order valence-corrected chi connectivity index (χ1v) is 19.5. The Morgan fingerprint density at radius 1 is 0.333 bits per heavy atom. The topological polar surface area (TPSA) is 11.4 Å². The van der Waals surface area contributed by atoms with Gasteiger partial charge < -0.3 is 14.4 Å². The molecular formula is C54H39N3. The SMILES string of the molecule is c1ccc(-c2cc(N(c3ccccc3)c3ccccc3)c3c4ccccc4n(-c4ccc(N(c5ccccc5)c5ccccc5)cc4)c3c2-c2ccccc2)cc1. The Bertz CT molecular complexity index is 2830. The highest BCUT2D eigenvalue weighted by molar-refractivity contribution is 6.22. The van der Waals surface area contributed by atoms with Crippen LogP contribution in [-0.4, -0.2) is 4.57 Å². The summed E-state index contributed by atoms with van der Waals surface area (Å²) in [5.41, 5.74) is 14.7. The van der Waals surface area contributed by atoms with Gasteiger partial charge in [0.1, 0.15) is 0 Å². The summed E-state index contributed by atoms with van der Waals surface area (Å²) in [6.07, 6.45) is 0. The predicted octanol–water partition coefficient (Wildman–Crippen LogP) is 15.1. The fraction of sp³-hybridized carbons (Fsp3) is 0. The molecule has 0 bridgehead atoms. The van der Waals surface area contributed by atoms with Crippen LogP contribution in [0.4, 0.5) is 34.1 Å². The molecule has 0 aliphatic rings. The first-order valence-electron chi connectivity index (χ1n) is 19.5. The number of hydrogen-bond acceptors (Lipinski definition) is 2. The van der Waals surface area contributed by atoms with Gasteiger partial charge in [0.15, 0.2) is 0 Å². The molecule has 0 saturated heterocycles. The molecule has 0 radical (unpaired) electrons. The Hall–Kier alpha value is -7.62. The molecule has 0 spiro atoms. The number of anilines is 6. The number of nitrogens with zero attached hydrogens (tertiary/aromatic N) is 3. The summed E-state index contributed by atoms with van der Waals surface area (Å²) in [5.74, 6) is 0. The Balaban J connectivity index is 1.31. The monoisotopic (exact) mass is 729 g/mol. The van der Waals surface area contributed by atoms with Crippen molar-refractivity contribution in [3.63, 3.8) is 0 Å². The molecule has 57 heavy (non-hydrogen) atoms. The van der Waals surface area contributed by atoms with Gasteiger partial charge in [0, 0.05) is 50.5 Å². The molecule has 1 aromatic heterocycles. The molecule has 0 amide bonds. The molecule has 0 saturated carbocycles. The lowest BCUT2D eigenvalue weighted by molar-refractivity contribution is 1.17. The summed E-state index contributed by atoms with van der Waals surface area (Å²) in [6.45, 7) is 0. The van der Waals surface area contributed by atoms with Gasteiger partial charge in [0.25, 0.3) is 0 Å². The second-order valence-electron chi connectivity index (χ2n) is 14.2. The largest absolute Gasteiger partial charge is 0.311 e. The van der Waals surface area contributed by atoms with Crippen molar-refractivity contribution in [3.8, 4) is 27.9 Å². The summed E-state index contributed by atoms with van der Waals surface area (Å²) in [4.78, 5) is 4.73. The fourth-order valence-corrected chi connectivity index (χ4v) is 8.27. The highest BCUT2D eigenvalue weighted by atomic mass is 15.2. The van der Waals surface area contributed by atoms with E-state index < -0.39 is 0 Å². The lowest BCUT2D eigenvalue weighted by Crippen LogP contribution is -2.11. The highest BCUT2D eigenvalue weighted by Gasteiger charge is 2.27. The van der Waals surface area contributed by atoms with Crippen LogP contribution in [0.1, 0.15) is 0 Å². The minimum atomic E-state index is 1.09. The zero-order chi connectivity index (χ0) is 38.0. The Labute approximate surface area is 333 Å². The van der Waals surface area contributed by atoms with Crippen LogP contribution in [0, 0.1) is 0 Å². The van der Waals surface area contributed by atoms with E-state index in [1.807, 2.05) is 0 Å². The van der Waals surface area contributed by atoms with Crippen molar-refractivity contribution < 1.29 is 0 Å². The molecule has 0 aliphatic carbocycles. The number of rotatable bonds is 9. The third-order valence-electron chi connectivity index (χ3n) is 10.7. The van der Waals surface area contributed by atoms with Gasteiger partial charge in [-0.05, 0) is 102 Å². The number of aromatic nitrogens is 1. The van der Waals surface area contributed by atoms with E-state index in [9.17, 15) is 0 Å².